The number of amides is 2. The topological polar surface area (TPSA) is 96.4 Å². The third-order valence-electron chi connectivity index (χ3n) is 4.68. The highest BCUT2D eigenvalue weighted by Crippen LogP contribution is 2.40. The van der Waals surface area contributed by atoms with Gasteiger partial charge in [0.25, 0.3) is 5.91 Å². The third-order valence-corrected chi connectivity index (χ3v) is 6.92. The highest BCUT2D eigenvalue weighted by molar-refractivity contribution is 7.90. The number of aromatic nitrogens is 1. The van der Waals surface area contributed by atoms with Gasteiger partial charge in [0.1, 0.15) is 6.04 Å². The number of rotatable bonds is 4. The molecule has 3 rings (SSSR count). The Hall–Kier alpha value is -2.47. The van der Waals surface area contributed by atoms with Crippen molar-refractivity contribution in [1.82, 2.24) is 9.88 Å². The maximum absolute atomic E-state index is 13.2. The number of aryl methyl sites for hydroxylation is 1. The fourth-order valence-corrected chi connectivity index (χ4v) is 5.15. The van der Waals surface area contributed by atoms with Crippen LogP contribution in [0.5, 0.6) is 0 Å². The summed E-state index contributed by atoms with van der Waals surface area (Å²) in [4.78, 5) is 29.0. The van der Waals surface area contributed by atoms with Crippen molar-refractivity contribution in [3.8, 4) is 10.4 Å². The van der Waals surface area contributed by atoms with Gasteiger partial charge in [-0.15, -0.1) is 0 Å². The molecule has 7 nitrogen and oxygen atoms in total. The van der Waals surface area contributed by atoms with Gasteiger partial charge in [-0.2, -0.15) is 13.2 Å². The molecule has 0 spiro atoms. The van der Waals surface area contributed by atoms with Gasteiger partial charge < -0.3 is 10.2 Å². The molecule has 162 valence electrons. The first-order valence-corrected chi connectivity index (χ1v) is 11.4. The third kappa shape index (κ3) is 4.06. The monoisotopic (exact) mass is 461 g/mol. The summed E-state index contributed by atoms with van der Waals surface area (Å²) in [5.74, 6) is -1.30. The number of halogens is 3. The van der Waals surface area contributed by atoms with Crippen molar-refractivity contribution in [1.29, 1.82) is 0 Å². The van der Waals surface area contributed by atoms with Crippen LogP contribution in [-0.4, -0.2) is 48.6 Å². The van der Waals surface area contributed by atoms with Crippen LogP contribution in [0.4, 0.5) is 18.3 Å². The summed E-state index contributed by atoms with van der Waals surface area (Å²) in [7, 11) is -3.92. The van der Waals surface area contributed by atoms with Gasteiger partial charge in [-0.1, -0.05) is 11.3 Å². The molecule has 0 saturated carbocycles. The second-order valence-corrected chi connectivity index (χ2v) is 10.0. The Morgan fingerprint density at radius 3 is 2.50 bits per heavy atom. The predicted molar refractivity (Wildman–Crippen MR) is 105 cm³/mol. The Bertz CT molecular complexity index is 1160. The van der Waals surface area contributed by atoms with Crippen molar-refractivity contribution < 1.29 is 31.2 Å². The van der Waals surface area contributed by atoms with Crippen LogP contribution in [0.2, 0.25) is 0 Å². The molecule has 12 heteroatoms. The van der Waals surface area contributed by atoms with Gasteiger partial charge >= 0.3 is 6.18 Å². The van der Waals surface area contributed by atoms with Crippen molar-refractivity contribution in [2.75, 3.05) is 11.6 Å². The van der Waals surface area contributed by atoms with Gasteiger partial charge in [-0.25, -0.2) is 13.4 Å². The highest BCUT2D eigenvalue weighted by Gasteiger charge is 2.46. The number of thiazole rings is 1. The van der Waals surface area contributed by atoms with Crippen molar-refractivity contribution in [2.24, 2.45) is 0 Å². The van der Waals surface area contributed by atoms with Crippen LogP contribution in [0, 0.1) is 6.92 Å². The first-order chi connectivity index (χ1) is 13.7. The van der Waals surface area contributed by atoms with Crippen molar-refractivity contribution in [3.05, 3.63) is 29.0 Å². The number of anilines is 1. The second-order valence-electron chi connectivity index (χ2n) is 7.05. The van der Waals surface area contributed by atoms with Crippen LogP contribution in [0.25, 0.3) is 10.4 Å². The zero-order valence-electron chi connectivity index (χ0n) is 16.4. The average molecular weight is 461 g/mol. The number of sulfone groups is 1. The van der Waals surface area contributed by atoms with E-state index in [-0.39, 0.29) is 28.5 Å². The van der Waals surface area contributed by atoms with Crippen LogP contribution in [0.1, 0.15) is 35.5 Å². The summed E-state index contributed by atoms with van der Waals surface area (Å²) in [5, 5.41) is 2.85. The molecule has 1 aromatic carbocycles. The van der Waals surface area contributed by atoms with Crippen LogP contribution in [-0.2, 0) is 21.2 Å². The minimum Gasteiger partial charge on any atom is -0.322 e. The number of benzene rings is 1. The maximum atomic E-state index is 13.2. The number of carbonyl (C=O) groups is 2. The lowest BCUT2D eigenvalue weighted by atomic mass is 10.0. The Kier molecular flexibility index (Phi) is 5.44. The zero-order chi connectivity index (χ0) is 22.6. The normalized spacial score (nSPS) is 15.3. The molecular formula is C18H18F3N3O4S2. The summed E-state index contributed by atoms with van der Waals surface area (Å²) >= 11 is 1.10. The van der Waals surface area contributed by atoms with E-state index in [1.54, 1.807) is 6.92 Å². The fourth-order valence-electron chi connectivity index (χ4n) is 3.22. The SMILES string of the molecule is CC(=O)Nc1nc(C)c(-c2cc3c(c(S(C)(=O)=O)c2)C(=O)N(C(C)C(F)(F)F)C3)s1. The number of hydrogen-bond donors (Lipinski definition) is 1. The number of carbonyl (C=O) groups excluding carboxylic acids is 2. The molecule has 2 amide bonds. The minimum atomic E-state index is -4.65. The molecule has 0 aliphatic carbocycles. The molecule has 2 aromatic rings. The van der Waals surface area contributed by atoms with Gasteiger partial charge in [0.15, 0.2) is 15.0 Å². The van der Waals surface area contributed by atoms with E-state index in [4.69, 9.17) is 0 Å². The Morgan fingerprint density at radius 1 is 1.33 bits per heavy atom. The zero-order valence-corrected chi connectivity index (χ0v) is 18.0. The summed E-state index contributed by atoms with van der Waals surface area (Å²) < 4.78 is 64.3. The van der Waals surface area contributed by atoms with E-state index in [9.17, 15) is 31.2 Å². The molecule has 0 saturated heterocycles. The molecule has 0 bridgehead atoms. The quantitative estimate of drug-likeness (QED) is 0.753. The van der Waals surface area contributed by atoms with Crippen LogP contribution < -0.4 is 5.32 Å². The van der Waals surface area contributed by atoms with E-state index in [0.29, 0.717) is 26.2 Å². The van der Waals surface area contributed by atoms with Gasteiger partial charge in [-0.3, -0.25) is 9.59 Å². The molecule has 0 fully saturated rings. The molecule has 1 aliphatic heterocycles. The van der Waals surface area contributed by atoms with Crippen molar-refractivity contribution >= 4 is 38.1 Å². The Labute approximate surface area is 174 Å². The van der Waals surface area contributed by atoms with Gasteiger partial charge in [0.2, 0.25) is 5.91 Å². The first-order valence-electron chi connectivity index (χ1n) is 8.70. The molecule has 30 heavy (non-hydrogen) atoms. The summed E-state index contributed by atoms with van der Waals surface area (Å²) in [6.45, 7) is 3.47. The maximum Gasteiger partial charge on any atom is 0.408 e. The lowest BCUT2D eigenvalue weighted by Crippen LogP contribution is -2.43. The number of fused-ring (bicyclic) bond motifs is 1. The average Bonchev–Trinajstić information content (AvgIpc) is 3.11. The standard InChI is InChI=1S/C18H18F3N3O4S2/c1-8-15(29-17(22-8)23-10(3)25)11-5-12-7-24(9(2)18(19,20)21)16(26)14(12)13(6-11)30(4,27)28/h5-6,9H,7H2,1-4H3,(H,22,23,25). The fraction of sp³-hybridized carbons (Fsp3) is 0.389. The van der Waals surface area contributed by atoms with Gasteiger partial charge in [-0.05, 0) is 37.1 Å². The minimum absolute atomic E-state index is 0.197. The molecule has 1 unspecified atom stereocenters. The summed E-state index contributed by atoms with van der Waals surface area (Å²) in [5.41, 5.74) is 0.868. The van der Waals surface area contributed by atoms with Crippen molar-refractivity contribution in [3.63, 3.8) is 0 Å². The Balaban J connectivity index is 2.16. The van der Waals surface area contributed by atoms with Gasteiger partial charge in [0, 0.05) is 19.7 Å². The van der Waals surface area contributed by atoms with E-state index in [1.165, 1.54) is 19.1 Å². The number of nitrogens with one attached hydrogen (secondary N) is 1. The Morgan fingerprint density at radius 2 is 1.97 bits per heavy atom. The van der Waals surface area contributed by atoms with E-state index in [2.05, 4.69) is 10.3 Å². The summed E-state index contributed by atoms with van der Waals surface area (Å²) in [6, 6.07) is 0.708. The lowest BCUT2D eigenvalue weighted by Gasteiger charge is -2.26. The molecule has 1 atom stereocenters. The first kappa shape index (κ1) is 22.2. The molecule has 1 aromatic heterocycles. The molecule has 1 aliphatic rings. The highest BCUT2D eigenvalue weighted by atomic mass is 32.2. The summed E-state index contributed by atoms with van der Waals surface area (Å²) in [6.07, 6.45) is -3.74. The number of nitrogens with zero attached hydrogens (tertiary/aromatic N) is 2. The van der Waals surface area contributed by atoms with E-state index >= 15 is 0 Å². The molecular weight excluding hydrogens is 443 g/mol. The molecule has 0 radical (unpaired) electrons. The van der Waals surface area contributed by atoms with E-state index in [1.807, 2.05) is 0 Å². The largest absolute Gasteiger partial charge is 0.408 e. The van der Waals surface area contributed by atoms with Crippen LogP contribution >= 0.6 is 11.3 Å². The molecule has 1 N–H and O–H groups in total. The number of alkyl halides is 3. The smallest absolute Gasteiger partial charge is 0.322 e. The van der Waals surface area contributed by atoms with Crippen molar-refractivity contribution in [2.45, 2.75) is 44.4 Å². The van der Waals surface area contributed by atoms with E-state index in [0.717, 1.165) is 24.5 Å². The van der Waals surface area contributed by atoms with Gasteiger partial charge in [0.05, 0.1) is 21.0 Å². The lowest BCUT2D eigenvalue weighted by molar-refractivity contribution is -0.172. The van der Waals surface area contributed by atoms with Crippen LogP contribution in [0.3, 0.4) is 0 Å². The second kappa shape index (κ2) is 7.34. The number of hydrogen-bond acceptors (Lipinski definition) is 6. The van der Waals surface area contributed by atoms with Crippen LogP contribution in [0.15, 0.2) is 17.0 Å². The molecule has 2 heterocycles. The van der Waals surface area contributed by atoms with E-state index < -0.39 is 28.0 Å². The predicted octanol–water partition coefficient (Wildman–Crippen LogP) is 3.39.